The van der Waals surface area contributed by atoms with Crippen LogP contribution in [0.1, 0.15) is 69.8 Å². The predicted molar refractivity (Wildman–Crippen MR) is 147 cm³/mol. The van der Waals surface area contributed by atoms with Crippen LogP contribution < -0.4 is 10.1 Å². The molecule has 0 spiro atoms. The number of rotatable bonds is 9. The molecule has 2 rings (SSSR count). The Morgan fingerprint density at radius 3 is 2.53 bits per heavy atom. The molecule has 0 unspecified atom stereocenters. The van der Waals surface area contributed by atoms with E-state index >= 15 is 0 Å². The van der Waals surface area contributed by atoms with E-state index in [-0.39, 0.29) is 47.3 Å². The molecule has 8 heteroatoms. The number of aliphatic hydroxyl groups is 2. The molecule has 0 saturated heterocycles. The van der Waals surface area contributed by atoms with Gasteiger partial charge in [0.1, 0.15) is 23.2 Å². The maximum atomic E-state index is 13.3. The van der Waals surface area contributed by atoms with Crippen LogP contribution in [0.5, 0.6) is 11.5 Å². The van der Waals surface area contributed by atoms with Crippen molar-refractivity contribution >= 4 is 11.9 Å². The van der Waals surface area contributed by atoms with Gasteiger partial charge >= 0.3 is 5.97 Å². The number of esters is 1. The summed E-state index contributed by atoms with van der Waals surface area (Å²) in [7, 11) is 1.47. The molecule has 1 aromatic carbocycles. The Morgan fingerprint density at radius 1 is 1.18 bits per heavy atom. The Morgan fingerprint density at radius 2 is 1.87 bits per heavy atom. The van der Waals surface area contributed by atoms with Gasteiger partial charge in [-0.3, -0.25) is 4.79 Å². The maximum absolute atomic E-state index is 13.3. The fraction of sp³-hybridized carbons (Fsp3) is 0.600. The molecule has 0 bridgehead atoms. The van der Waals surface area contributed by atoms with Crippen molar-refractivity contribution in [2.75, 3.05) is 13.7 Å². The van der Waals surface area contributed by atoms with E-state index in [0.29, 0.717) is 37.1 Å². The largest absolute Gasteiger partial charge is 0.507 e. The average molecular weight is 532 g/mol. The SMILES string of the molecule is COc1cc(O)c2c(c1)C[C@@H](O)[C@@H](C)C/C=C\C[C@@H]([C@@H](C)[C@H](O)[C@H](C)C/C=C\CNC(=O)C(C)C)OC2=O. The van der Waals surface area contributed by atoms with Crippen LogP contribution in [0.25, 0.3) is 0 Å². The number of hydrogen-bond donors (Lipinski definition) is 4. The highest BCUT2D eigenvalue weighted by atomic mass is 16.5. The molecule has 8 nitrogen and oxygen atoms in total. The van der Waals surface area contributed by atoms with Crippen LogP contribution in [0.4, 0.5) is 0 Å². The number of phenolic OH excluding ortho intramolecular Hbond substituents is 1. The summed E-state index contributed by atoms with van der Waals surface area (Å²) in [5.41, 5.74) is 0.457. The molecule has 1 aliphatic heterocycles. The van der Waals surface area contributed by atoms with Crippen molar-refractivity contribution in [2.45, 2.75) is 78.6 Å². The second kappa shape index (κ2) is 14.9. The number of nitrogens with one attached hydrogen (secondary N) is 1. The zero-order valence-electron chi connectivity index (χ0n) is 23.5. The number of allylic oxidation sites excluding steroid dienone is 2. The molecule has 4 N–H and O–H groups in total. The quantitative estimate of drug-likeness (QED) is 0.278. The van der Waals surface area contributed by atoms with Crippen molar-refractivity contribution < 1.29 is 34.4 Å². The van der Waals surface area contributed by atoms with Gasteiger partial charge in [-0.15, -0.1) is 0 Å². The lowest BCUT2D eigenvalue weighted by molar-refractivity contribution is -0.123. The van der Waals surface area contributed by atoms with E-state index in [0.717, 1.165) is 0 Å². The van der Waals surface area contributed by atoms with E-state index in [1.54, 1.807) is 6.07 Å². The Balaban J connectivity index is 2.20. The highest BCUT2D eigenvalue weighted by molar-refractivity contribution is 5.94. The number of phenols is 1. The molecule has 0 radical (unpaired) electrons. The van der Waals surface area contributed by atoms with Crippen molar-refractivity contribution in [3.05, 3.63) is 47.6 Å². The monoisotopic (exact) mass is 531 g/mol. The third-order valence-electron chi connectivity index (χ3n) is 7.30. The van der Waals surface area contributed by atoms with Crippen molar-refractivity contribution in [3.63, 3.8) is 0 Å². The first-order valence-corrected chi connectivity index (χ1v) is 13.5. The third-order valence-corrected chi connectivity index (χ3v) is 7.30. The van der Waals surface area contributed by atoms with Crippen molar-refractivity contribution in [1.82, 2.24) is 5.32 Å². The molecule has 0 fully saturated rings. The lowest BCUT2D eigenvalue weighted by atomic mass is 9.85. The zero-order chi connectivity index (χ0) is 28.4. The lowest BCUT2D eigenvalue weighted by Crippen LogP contribution is -2.37. The molecule has 0 aliphatic carbocycles. The molecule has 1 aliphatic rings. The molecular weight excluding hydrogens is 486 g/mol. The number of amides is 1. The van der Waals surface area contributed by atoms with E-state index in [9.17, 15) is 24.9 Å². The van der Waals surface area contributed by atoms with E-state index < -0.39 is 24.3 Å². The van der Waals surface area contributed by atoms with Crippen LogP contribution in [0.3, 0.4) is 0 Å². The second-order valence-electron chi connectivity index (χ2n) is 10.7. The standard InChI is InChI=1S/C30H45NO7/c1-18(2)29(35)31-14-10-9-12-20(4)28(34)21(5)26-13-8-7-11-19(3)24(32)16-22-15-23(37-6)17-25(33)27(22)30(36)38-26/h7-10,15,17-21,24,26,28,32-34H,11-14,16H2,1-6H3,(H,31,35)/b8-7-,10-9-/t19-,20+,21+,24+,26-,28+/m0/s1. The van der Waals surface area contributed by atoms with E-state index in [1.165, 1.54) is 13.2 Å². The first-order chi connectivity index (χ1) is 18.0. The van der Waals surface area contributed by atoms with Crippen molar-refractivity contribution in [2.24, 2.45) is 23.7 Å². The number of carbonyl (C=O) groups is 2. The summed E-state index contributed by atoms with van der Waals surface area (Å²) in [6.45, 7) is 9.83. The van der Waals surface area contributed by atoms with Gasteiger partial charge < -0.3 is 30.1 Å². The van der Waals surface area contributed by atoms with Gasteiger partial charge in [-0.2, -0.15) is 0 Å². The fourth-order valence-corrected chi connectivity index (χ4v) is 4.50. The van der Waals surface area contributed by atoms with Gasteiger partial charge in [0.2, 0.25) is 5.91 Å². The molecule has 1 aromatic rings. The zero-order valence-corrected chi connectivity index (χ0v) is 23.5. The summed E-state index contributed by atoms with van der Waals surface area (Å²) in [5, 5.41) is 35.3. The van der Waals surface area contributed by atoms with Crippen LogP contribution >= 0.6 is 0 Å². The number of aliphatic hydroxyl groups excluding tert-OH is 2. The molecular formula is C30H45NO7. The first kappa shape index (κ1) is 31.4. The van der Waals surface area contributed by atoms with Gasteiger partial charge in [0.05, 0.1) is 19.3 Å². The fourth-order valence-electron chi connectivity index (χ4n) is 4.50. The summed E-state index contributed by atoms with van der Waals surface area (Å²) in [5.74, 6) is -1.25. The number of hydrogen-bond acceptors (Lipinski definition) is 7. The number of carbonyl (C=O) groups excluding carboxylic acids is 2. The van der Waals surface area contributed by atoms with Gasteiger partial charge in [0.25, 0.3) is 0 Å². The summed E-state index contributed by atoms with van der Waals surface area (Å²) >= 11 is 0. The number of benzene rings is 1. The Bertz CT molecular complexity index is 987. The van der Waals surface area contributed by atoms with Crippen LogP contribution in [-0.4, -0.2) is 59.2 Å². The Hall–Kier alpha value is -2.84. The molecule has 1 amide bonds. The van der Waals surface area contributed by atoms with Gasteiger partial charge in [0.15, 0.2) is 0 Å². The van der Waals surface area contributed by atoms with E-state index in [2.05, 4.69) is 5.32 Å². The summed E-state index contributed by atoms with van der Waals surface area (Å²) in [6, 6.07) is 2.99. The topological polar surface area (TPSA) is 125 Å². The molecule has 0 aromatic heterocycles. The van der Waals surface area contributed by atoms with Gasteiger partial charge in [0, 0.05) is 30.9 Å². The van der Waals surface area contributed by atoms with Crippen LogP contribution in [0, 0.1) is 23.7 Å². The molecule has 0 saturated carbocycles. The summed E-state index contributed by atoms with van der Waals surface area (Å²) in [4.78, 5) is 25.0. The summed E-state index contributed by atoms with van der Waals surface area (Å²) < 4.78 is 11.1. The van der Waals surface area contributed by atoms with E-state index in [4.69, 9.17) is 9.47 Å². The van der Waals surface area contributed by atoms with Crippen molar-refractivity contribution in [3.8, 4) is 11.5 Å². The van der Waals surface area contributed by atoms with Gasteiger partial charge in [-0.1, -0.05) is 58.9 Å². The minimum absolute atomic E-state index is 0.00715. The average Bonchev–Trinajstić information content (AvgIpc) is 2.87. The van der Waals surface area contributed by atoms with Crippen LogP contribution in [0.2, 0.25) is 0 Å². The maximum Gasteiger partial charge on any atom is 0.342 e. The smallest absolute Gasteiger partial charge is 0.342 e. The predicted octanol–water partition coefficient (Wildman–Crippen LogP) is 4.17. The van der Waals surface area contributed by atoms with Crippen LogP contribution in [0.15, 0.2) is 36.4 Å². The number of aromatic hydroxyl groups is 1. The first-order valence-electron chi connectivity index (χ1n) is 13.5. The number of methoxy groups -OCH3 is 1. The third kappa shape index (κ3) is 8.88. The lowest BCUT2D eigenvalue weighted by Gasteiger charge is -2.31. The molecule has 212 valence electrons. The number of cyclic esters (lactones) is 1. The highest BCUT2D eigenvalue weighted by Crippen LogP contribution is 2.33. The van der Waals surface area contributed by atoms with Gasteiger partial charge in [-0.25, -0.2) is 4.79 Å². The number of fused-ring (bicyclic) bond motifs is 1. The Labute approximate surface area is 226 Å². The normalized spacial score (nSPS) is 23.9. The van der Waals surface area contributed by atoms with Crippen LogP contribution in [-0.2, 0) is 16.0 Å². The van der Waals surface area contributed by atoms with Crippen molar-refractivity contribution in [1.29, 1.82) is 0 Å². The van der Waals surface area contributed by atoms with E-state index in [1.807, 2.05) is 58.9 Å². The Kier molecular flexibility index (Phi) is 12.3. The minimum atomic E-state index is -0.756. The molecule has 6 atom stereocenters. The summed E-state index contributed by atoms with van der Waals surface area (Å²) in [6.07, 6.45) is 7.38. The molecule has 38 heavy (non-hydrogen) atoms. The second-order valence-corrected chi connectivity index (χ2v) is 10.7. The van der Waals surface area contributed by atoms with Gasteiger partial charge in [-0.05, 0) is 42.7 Å². The minimum Gasteiger partial charge on any atom is -0.507 e. The molecule has 1 heterocycles. The highest BCUT2D eigenvalue weighted by Gasteiger charge is 2.32. The number of ether oxygens (including phenoxy) is 2.